The molecule has 2 aromatic carbocycles. The van der Waals surface area contributed by atoms with E-state index >= 15 is 0 Å². The molecular formula is C17H14F3NO3. The molecule has 126 valence electrons. The van der Waals surface area contributed by atoms with Crippen LogP contribution < -0.4 is 5.32 Å². The zero-order valence-electron chi connectivity index (χ0n) is 12.7. The van der Waals surface area contributed by atoms with E-state index in [1.807, 2.05) is 0 Å². The molecule has 0 aromatic heterocycles. The van der Waals surface area contributed by atoms with Crippen LogP contribution in [0.1, 0.15) is 21.5 Å². The lowest BCUT2D eigenvalue weighted by Crippen LogP contribution is -2.21. The number of hydrogen-bond donors (Lipinski definition) is 1. The Balaban J connectivity index is 1.93. The van der Waals surface area contributed by atoms with E-state index in [-0.39, 0.29) is 5.69 Å². The average Bonchev–Trinajstić information content (AvgIpc) is 2.52. The summed E-state index contributed by atoms with van der Waals surface area (Å²) in [6, 6.07) is 10.8. The van der Waals surface area contributed by atoms with Gasteiger partial charge in [-0.3, -0.25) is 4.79 Å². The first kappa shape index (κ1) is 17.5. The molecule has 0 heterocycles. The molecule has 0 atom stereocenters. The van der Waals surface area contributed by atoms with Gasteiger partial charge in [0.15, 0.2) is 6.61 Å². The lowest BCUT2D eigenvalue weighted by atomic mass is 10.1. The third-order valence-corrected chi connectivity index (χ3v) is 3.06. The second-order valence-electron chi connectivity index (χ2n) is 5.07. The summed E-state index contributed by atoms with van der Waals surface area (Å²) in [5.74, 6) is -1.41. The molecule has 0 saturated carbocycles. The van der Waals surface area contributed by atoms with Gasteiger partial charge in [0.05, 0.1) is 11.1 Å². The Bertz CT molecular complexity index is 757. The lowest BCUT2D eigenvalue weighted by molar-refractivity contribution is -0.137. The van der Waals surface area contributed by atoms with E-state index in [9.17, 15) is 22.8 Å². The van der Waals surface area contributed by atoms with E-state index in [4.69, 9.17) is 4.74 Å². The topological polar surface area (TPSA) is 55.4 Å². The highest BCUT2D eigenvalue weighted by Gasteiger charge is 2.30. The Morgan fingerprint density at radius 2 is 1.79 bits per heavy atom. The maximum absolute atomic E-state index is 12.6. The van der Waals surface area contributed by atoms with Gasteiger partial charge in [0.2, 0.25) is 0 Å². The molecular weight excluding hydrogens is 323 g/mol. The van der Waals surface area contributed by atoms with Gasteiger partial charge in [0, 0.05) is 5.69 Å². The molecule has 0 aliphatic rings. The van der Waals surface area contributed by atoms with Crippen molar-refractivity contribution in [2.75, 3.05) is 11.9 Å². The van der Waals surface area contributed by atoms with Crippen LogP contribution in [0.2, 0.25) is 0 Å². The summed E-state index contributed by atoms with van der Waals surface area (Å²) in [7, 11) is 0. The van der Waals surface area contributed by atoms with Crippen LogP contribution in [-0.2, 0) is 15.7 Å². The molecule has 1 amide bonds. The van der Waals surface area contributed by atoms with Crippen molar-refractivity contribution in [3.63, 3.8) is 0 Å². The summed E-state index contributed by atoms with van der Waals surface area (Å²) in [4.78, 5) is 23.5. The van der Waals surface area contributed by atoms with E-state index in [2.05, 4.69) is 5.32 Å². The standard InChI is InChI=1S/C17H14F3NO3/c1-11-4-2-5-12(8-11)16(23)24-10-15(22)21-14-7-3-6-13(9-14)17(18,19)20/h2-9H,10H2,1H3,(H,21,22). The molecule has 4 nitrogen and oxygen atoms in total. The Morgan fingerprint density at radius 1 is 1.08 bits per heavy atom. The second kappa shape index (κ2) is 7.16. The SMILES string of the molecule is Cc1cccc(C(=O)OCC(=O)Nc2cccc(C(F)(F)F)c2)c1. The van der Waals surface area contributed by atoms with Gasteiger partial charge < -0.3 is 10.1 Å². The van der Waals surface area contributed by atoms with Gasteiger partial charge in [-0.1, -0.05) is 23.8 Å². The Kier molecular flexibility index (Phi) is 5.23. The smallest absolute Gasteiger partial charge is 0.416 e. The van der Waals surface area contributed by atoms with Crippen LogP contribution in [0.3, 0.4) is 0 Å². The zero-order chi connectivity index (χ0) is 17.7. The second-order valence-corrected chi connectivity index (χ2v) is 5.07. The molecule has 24 heavy (non-hydrogen) atoms. The average molecular weight is 337 g/mol. The number of amides is 1. The predicted molar refractivity (Wildman–Crippen MR) is 81.5 cm³/mol. The Labute approximate surface area is 136 Å². The van der Waals surface area contributed by atoms with E-state index in [0.29, 0.717) is 5.56 Å². The van der Waals surface area contributed by atoms with Gasteiger partial charge in [-0.2, -0.15) is 13.2 Å². The highest BCUT2D eigenvalue weighted by molar-refractivity contribution is 5.95. The van der Waals surface area contributed by atoms with Crippen LogP contribution in [0.25, 0.3) is 0 Å². The number of esters is 1. The largest absolute Gasteiger partial charge is 0.452 e. The molecule has 0 fully saturated rings. The summed E-state index contributed by atoms with van der Waals surface area (Å²) < 4.78 is 42.6. The summed E-state index contributed by atoms with van der Waals surface area (Å²) in [5.41, 5.74) is 0.248. The first-order valence-corrected chi connectivity index (χ1v) is 6.96. The number of halogens is 3. The third kappa shape index (κ3) is 4.84. The first-order valence-electron chi connectivity index (χ1n) is 6.96. The van der Waals surface area contributed by atoms with Gasteiger partial charge in [0.1, 0.15) is 0 Å². The molecule has 2 aromatic rings. The number of carbonyl (C=O) groups excluding carboxylic acids is 2. The lowest BCUT2D eigenvalue weighted by Gasteiger charge is -2.10. The van der Waals surface area contributed by atoms with E-state index in [1.165, 1.54) is 12.1 Å². The molecule has 0 radical (unpaired) electrons. The van der Waals surface area contributed by atoms with Gasteiger partial charge in [-0.05, 0) is 37.3 Å². The quantitative estimate of drug-likeness (QED) is 0.863. The normalized spacial score (nSPS) is 11.0. The minimum absolute atomic E-state index is 0.0265. The number of anilines is 1. The molecule has 0 aliphatic carbocycles. The molecule has 0 bridgehead atoms. The number of aryl methyl sites for hydroxylation is 1. The number of rotatable bonds is 4. The number of hydrogen-bond acceptors (Lipinski definition) is 3. The van der Waals surface area contributed by atoms with E-state index in [0.717, 1.165) is 17.7 Å². The van der Waals surface area contributed by atoms with Crippen LogP contribution in [0.5, 0.6) is 0 Å². The van der Waals surface area contributed by atoms with Gasteiger partial charge in [-0.25, -0.2) is 4.79 Å². The fourth-order valence-electron chi connectivity index (χ4n) is 1.96. The predicted octanol–water partition coefficient (Wildman–Crippen LogP) is 3.81. The van der Waals surface area contributed by atoms with Crippen molar-refractivity contribution >= 4 is 17.6 Å². The van der Waals surface area contributed by atoms with Crippen LogP contribution in [-0.4, -0.2) is 18.5 Å². The number of ether oxygens (including phenoxy) is 1. The Morgan fingerprint density at radius 3 is 2.46 bits per heavy atom. The third-order valence-electron chi connectivity index (χ3n) is 3.06. The van der Waals surface area contributed by atoms with Crippen LogP contribution in [0.4, 0.5) is 18.9 Å². The maximum Gasteiger partial charge on any atom is 0.416 e. The number of nitrogens with one attached hydrogen (secondary N) is 1. The molecule has 0 spiro atoms. The Hall–Kier alpha value is -2.83. The van der Waals surface area contributed by atoms with E-state index in [1.54, 1.807) is 31.2 Å². The number of carbonyl (C=O) groups is 2. The highest BCUT2D eigenvalue weighted by atomic mass is 19.4. The molecule has 0 saturated heterocycles. The monoisotopic (exact) mass is 337 g/mol. The van der Waals surface area contributed by atoms with Gasteiger partial charge in [-0.15, -0.1) is 0 Å². The molecule has 0 unspecified atom stereocenters. The van der Waals surface area contributed by atoms with Gasteiger partial charge in [0.25, 0.3) is 5.91 Å². The molecule has 1 N–H and O–H groups in total. The maximum atomic E-state index is 12.6. The van der Waals surface area contributed by atoms with Crippen LogP contribution >= 0.6 is 0 Å². The fourth-order valence-corrected chi connectivity index (χ4v) is 1.96. The van der Waals surface area contributed by atoms with E-state index < -0.39 is 30.2 Å². The summed E-state index contributed by atoms with van der Waals surface area (Å²) in [6.45, 7) is 1.21. The van der Waals surface area contributed by atoms with Crippen LogP contribution in [0, 0.1) is 6.92 Å². The zero-order valence-corrected chi connectivity index (χ0v) is 12.7. The molecule has 2 rings (SSSR count). The van der Waals surface area contributed by atoms with Crippen molar-refractivity contribution in [3.8, 4) is 0 Å². The van der Waals surface area contributed by atoms with Crippen molar-refractivity contribution < 1.29 is 27.5 Å². The molecule has 0 aliphatic heterocycles. The van der Waals surface area contributed by atoms with Crippen LogP contribution in [0.15, 0.2) is 48.5 Å². The van der Waals surface area contributed by atoms with Gasteiger partial charge >= 0.3 is 12.1 Å². The van der Waals surface area contributed by atoms with Crippen molar-refractivity contribution in [3.05, 3.63) is 65.2 Å². The number of alkyl halides is 3. The summed E-state index contributed by atoms with van der Waals surface area (Å²) >= 11 is 0. The van der Waals surface area contributed by atoms with Crippen molar-refractivity contribution in [2.45, 2.75) is 13.1 Å². The van der Waals surface area contributed by atoms with Crippen molar-refractivity contribution in [1.82, 2.24) is 0 Å². The number of benzene rings is 2. The summed E-state index contributed by atoms with van der Waals surface area (Å²) in [5, 5.41) is 2.26. The minimum Gasteiger partial charge on any atom is -0.452 e. The fraction of sp³-hybridized carbons (Fsp3) is 0.176. The highest BCUT2D eigenvalue weighted by Crippen LogP contribution is 2.30. The van der Waals surface area contributed by atoms with Crippen molar-refractivity contribution in [1.29, 1.82) is 0 Å². The minimum atomic E-state index is -4.50. The first-order chi connectivity index (χ1) is 11.3. The summed E-state index contributed by atoms with van der Waals surface area (Å²) in [6.07, 6.45) is -4.50. The van der Waals surface area contributed by atoms with Crippen molar-refractivity contribution in [2.24, 2.45) is 0 Å². The molecule has 7 heteroatoms.